The third-order valence-corrected chi connectivity index (χ3v) is 1.83. The van der Waals surface area contributed by atoms with Gasteiger partial charge in [0.1, 0.15) is 0 Å². The van der Waals surface area contributed by atoms with Gasteiger partial charge in [0, 0.05) is 24.7 Å². The second kappa shape index (κ2) is 4.91. The summed E-state index contributed by atoms with van der Waals surface area (Å²) >= 11 is 4.85. The van der Waals surface area contributed by atoms with Crippen molar-refractivity contribution in [3.8, 4) is 0 Å². The molecule has 0 aliphatic carbocycles. The minimum absolute atomic E-state index is 0.419. The van der Waals surface area contributed by atoms with Crippen molar-refractivity contribution < 1.29 is 19.1 Å². The lowest BCUT2D eigenvalue weighted by Gasteiger charge is -2.14. The summed E-state index contributed by atoms with van der Waals surface area (Å²) in [5.74, 6) is 0. The van der Waals surface area contributed by atoms with Crippen molar-refractivity contribution >= 4 is 23.1 Å². The molecule has 13 heavy (non-hydrogen) atoms. The van der Waals surface area contributed by atoms with Crippen LogP contribution >= 0.6 is 11.6 Å². The number of carbonyl (C=O) groups is 2. The number of hydrogen-bond donors (Lipinski definition) is 0. The lowest BCUT2D eigenvalue weighted by Crippen LogP contribution is -2.29. The molecular formula is C7H10ClNO4. The van der Waals surface area contributed by atoms with Crippen LogP contribution in [0.15, 0.2) is 0 Å². The van der Waals surface area contributed by atoms with Crippen LogP contribution in [0.5, 0.6) is 0 Å². The Kier molecular flexibility index (Phi) is 3.82. The third-order valence-electron chi connectivity index (χ3n) is 1.72. The van der Waals surface area contributed by atoms with Gasteiger partial charge in [-0.25, -0.2) is 9.59 Å². The maximum absolute atomic E-state index is 11.1. The van der Waals surface area contributed by atoms with Crippen molar-refractivity contribution in [3.05, 3.63) is 0 Å². The van der Waals surface area contributed by atoms with E-state index < -0.39 is 18.3 Å². The van der Waals surface area contributed by atoms with Crippen LogP contribution in [0.2, 0.25) is 0 Å². The van der Waals surface area contributed by atoms with Gasteiger partial charge >= 0.3 is 11.5 Å². The Morgan fingerprint density at radius 3 is 2.38 bits per heavy atom. The Balaban J connectivity index is 2.13. The highest BCUT2D eigenvalue weighted by atomic mass is 35.5. The fraction of sp³-hybridized carbons (Fsp3) is 0.714. The van der Waals surface area contributed by atoms with Crippen molar-refractivity contribution in [2.24, 2.45) is 0 Å². The molecule has 0 aromatic rings. The van der Waals surface area contributed by atoms with E-state index in [1.165, 1.54) is 0 Å². The molecule has 5 nitrogen and oxygen atoms in total. The number of carbonyl (C=O) groups excluding carboxylic acids is 2. The van der Waals surface area contributed by atoms with Crippen molar-refractivity contribution in [1.82, 2.24) is 4.90 Å². The number of hydrogen-bond acceptors (Lipinski definition) is 4. The van der Waals surface area contributed by atoms with Crippen LogP contribution in [-0.4, -0.2) is 36.3 Å². The highest BCUT2D eigenvalue weighted by molar-refractivity contribution is 6.61. The standard InChI is InChI=1S/C7H10ClNO4/c8-6(10)12-5-13-7(11)9-3-1-2-4-9/h1-5H2. The first-order chi connectivity index (χ1) is 6.20. The average Bonchev–Trinajstić information content (AvgIpc) is 2.55. The molecule has 1 aliphatic rings. The molecule has 0 saturated carbocycles. The van der Waals surface area contributed by atoms with Gasteiger partial charge in [-0.05, 0) is 12.8 Å². The molecule has 1 amide bonds. The molecule has 74 valence electrons. The molecule has 1 heterocycles. The van der Waals surface area contributed by atoms with Crippen LogP contribution in [0.1, 0.15) is 12.8 Å². The molecule has 0 N–H and O–H groups in total. The predicted molar refractivity (Wildman–Crippen MR) is 44.5 cm³/mol. The molecular weight excluding hydrogens is 198 g/mol. The number of likely N-dealkylation sites (tertiary alicyclic amines) is 1. The summed E-state index contributed by atoms with van der Waals surface area (Å²) in [6.07, 6.45) is 1.52. The van der Waals surface area contributed by atoms with Crippen LogP contribution in [0.3, 0.4) is 0 Å². The second-order valence-electron chi connectivity index (χ2n) is 2.60. The van der Waals surface area contributed by atoms with Gasteiger partial charge in [0.15, 0.2) is 0 Å². The number of halogens is 1. The normalized spacial score (nSPS) is 15.6. The van der Waals surface area contributed by atoms with Gasteiger partial charge in [0.2, 0.25) is 6.79 Å². The van der Waals surface area contributed by atoms with Gasteiger partial charge in [-0.2, -0.15) is 0 Å². The number of nitrogens with zero attached hydrogens (tertiary/aromatic N) is 1. The molecule has 0 unspecified atom stereocenters. The van der Waals surface area contributed by atoms with Crippen LogP contribution in [0.4, 0.5) is 9.59 Å². The summed E-state index contributed by atoms with van der Waals surface area (Å²) in [5, 5.41) is 0. The van der Waals surface area contributed by atoms with E-state index in [1.807, 2.05) is 0 Å². The zero-order valence-electron chi connectivity index (χ0n) is 6.99. The Labute approximate surface area is 80.5 Å². The average molecular weight is 208 g/mol. The SMILES string of the molecule is O=C(Cl)OCOC(=O)N1CCCC1. The van der Waals surface area contributed by atoms with E-state index in [2.05, 4.69) is 9.47 Å². The van der Waals surface area contributed by atoms with Crippen LogP contribution in [-0.2, 0) is 9.47 Å². The summed E-state index contributed by atoms with van der Waals surface area (Å²) in [6.45, 7) is 0.985. The molecule has 1 aliphatic heterocycles. The van der Waals surface area contributed by atoms with Gasteiger partial charge in [0.05, 0.1) is 0 Å². The monoisotopic (exact) mass is 207 g/mol. The van der Waals surface area contributed by atoms with Gasteiger partial charge < -0.3 is 14.4 Å². The topological polar surface area (TPSA) is 55.8 Å². The molecule has 0 radical (unpaired) electrons. The van der Waals surface area contributed by atoms with Crippen molar-refractivity contribution in [3.63, 3.8) is 0 Å². The lowest BCUT2D eigenvalue weighted by molar-refractivity contribution is 0.0196. The molecule has 1 fully saturated rings. The highest BCUT2D eigenvalue weighted by Crippen LogP contribution is 2.08. The largest absolute Gasteiger partial charge is 0.416 e. The first kappa shape index (κ1) is 10.1. The van der Waals surface area contributed by atoms with Crippen LogP contribution in [0.25, 0.3) is 0 Å². The van der Waals surface area contributed by atoms with E-state index >= 15 is 0 Å². The van der Waals surface area contributed by atoms with Crippen molar-refractivity contribution in [2.45, 2.75) is 12.8 Å². The number of ether oxygens (including phenoxy) is 2. The summed E-state index contributed by atoms with van der Waals surface area (Å²) < 4.78 is 8.83. The molecule has 0 bridgehead atoms. The Bertz CT molecular complexity index is 203. The van der Waals surface area contributed by atoms with E-state index in [1.54, 1.807) is 4.90 Å². The van der Waals surface area contributed by atoms with Crippen molar-refractivity contribution in [2.75, 3.05) is 19.9 Å². The maximum Gasteiger partial charge on any atom is 0.412 e. The molecule has 6 heteroatoms. The first-order valence-corrected chi connectivity index (χ1v) is 4.32. The molecule has 0 aromatic heterocycles. The van der Waals surface area contributed by atoms with Gasteiger partial charge in [-0.1, -0.05) is 0 Å². The third kappa shape index (κ3) is 3.50. The first-order valence-electron chi connectivity index (χ1n) is 3.94. The predicted octanol–water partition coefficient (Wildman–Crippen LogP) is 1.55. The quantitative estimate of drug-likeness (QED) is 0.509. The molecule has 1 rings (SSSR count). The molecule has 1 saturated heterocycles. The Morgan fingerprint density at radius 2 is 1.85 bits per heavy atom. The maximum atomic E-state index is 11.1. The van der Waals surface area contributed by atoms with E-state index in [9.17, 15) is 9.59 Å². The second-order valence-corrected chi connectivity index (χ2v) is 2.91. The minimum atomic E-state index is -0.978. The summed E-state index contributed by atoms with van der Waals surface area (Å²) in [6, 6.07) is 0. The fourth-order valence-electron chi connectivity index (χ4n) is 1.12. The van der Waals surface area contributed by atoms with Crippen LogP contribution in [0, 0.1) is 0 Å². The zero-order valence-corrected chi connectivity index (χ0v) is 7.75. The van der Waals surface area contributed by atoms with E-state index in [-0.39, 0.29) is 0 Å². The van der Waals surface area contributed by atoms with Crippen LogP contribution < -0.4 is 0 Å². The van der Waals surface area contributed by atoms with E-state index in [4.69, 9.17) is 11.6 Å². The number of rotatable bonds is 2. The van der Waals surface area contributed by atoms with Gasteiger partial charge in [-0.15, -0.1) is 0 Å². The molecule has 0 spiro atoms. The minimum Gasteiger partial charge on any atom is -0.416 e. The summed E-state index contributed by atoms with van der Waals surface area (Å²) in [5.41, 5.74) is -0.978. The molecule has 0 atom stereocenters. The highest BCUT2D eigenvalue weighted by Gasteiger charge is 2.19. The fourth-order valence-corrected chi connectivity index (χ4v) is 1.16. The van der Waals surface area contributed by atoms with Gasteiger partial charge in [0.25, 0.3) is 0 Å². The zero-order chi connectivity index (χ0) is 9.68. The van der Waals surface area contributed by atoms with E-state index in [0.717, 1.165) is 12.8 Å². The number of amides is 1. The van der Waals surface area contributed by atoms with E-state index in [0.29, 0.717) is 13.1 Å². The van der Waals surface area contributed by atoms with Gasteiger partial charge in [-0.3, -0.25) is 0 Å². The Hall–Kier alpha value is -0.970. The smallest absolute Gasteiger partial charge is 0.412 e. The molecule has 0 aromatic carbocycles. The summed E-state index contributed by atoms with van der Waals surface area (Å²) in [7, 11) is 0. The summed E-state index contributed by atoms with van der Waals surface area (Å²) in [4.78, 5) is 22.7. The Morgan fingerprint density at radius 1 is 1.23 bits per heavy atom. The van der Waals surface area contributed by atoms with Crippen molar-refractivity contribution in [1.29, 1.82) is 0 Å². The lowest BCUT2D eigenvalue weighted by atomic mass is 10.4.